The van der Waals surface area contributed by atoms with Crippen LogP contribution in [0.25, 0.3) is 0 Å². The molecule has 1 amide bonds. The van der Waals surface area contributed by atoms with Gasteiger partial charge >= 0.3 is 0 Å². The fourth-order valence-electron chi connectivity index (χ4n) is 4.99. The highest BCUT2D eigenvalue weighted by Crippen LogP contribution is 2.49. The predicted octanol–water partition coefficient (Wildman–Crippen LogP) is 4.02. The summed E-state index contributed by atoms with van der Waals surface area (Å²) in [5.74, 6) is 2.63. The molecule has 2 heterocycles. The number of aliphatic hydroxyl groups is 1. The van der Waals surface area contributed by atoms with Crippen LogP contribution in [0.1, 0.15) is 44.6 Å². The molecule has 0 radical (unpaired) electrons. The van der Waals surface area contributed by atoms with E-state index in [1.165, 1.54) is 12.5 Å². The molecule has 1 aliphatic carbocycles. The summed E-state index contributed by atoms with van der Waals surface area (Å²) in [6, 6.07) is 4.37. The van der Waals surface area contributed by atoms with Crippen LogP contribution in [-0.2, 0) is 11.2 Å². The zero-order chi connectivity index (χ0) is 24.8. The van der Waals surface area contributed by atoms with E-state index in [1.807, 2.05) is 6.92 Å². The Kier molecular flexibility index (Phi) is 8.78. The van der Waals surface area contributed by atoms with E-state index in [0.29, 0.717) is 35.3 Å². The van der Waals surface area contributed by atoms with Gasteiger partial charge in [-0.25, -0.2) is 14.4 Å². The van der Waals surface area contributed by atoms with Crippen LogP contribution in [0.4, 0.5) is 10.3 Å². The minimum atomic E-state index is -0.449. The lowest BCUT2D eigenvalue weighted by molar-refractivity contribution is -0.121. The van der Waals surface area contributed by atoms with Crippen LogP contribution < -0.4 is 15.0 Å². The van der Waals surface area contributed by atoms with Gasteiger partial charge in [-0.15, -0.1) is 0 Å². The minimum absolute atomic E-state index is 0.0602. The molecule has 1 aliphatic heterocycles. The Morgan fingerprint density at radius 1 is 1.31 bits per heavy atom. The van der Waals surface area contributed by atoms with Crippen molar-refractivity contribution in [3.05, 3.63) is 47.0 Å². The normalized spacial score (nSPS) is 21.0. The lowest BCUT2D eigenvalue weighted by Gasteiger charge is -2.32. The molecule has 2 aliphatic rings. The van der Waals surface area contributed by atoms with E-state index in [2.05, 4.69) is 20.2 Å². The van der Waals surface area contributed by atoms with E-state index < -0.39 is 5.82 Å². The summed E-state index contributed by atoms with van der Waals surface area (Å²) in [6.07, 6.45) is 8.34. The van der Waals surface area contributed by atoms with Crippen LogP contribution in [0.3, 0.4) is 0 Å². The van der Waals surface area contributed by atoms with Gasteiger partial charge in [-0.1, -0.05) is 24.6 Å². The van der Waals surface area contributed by atoms with Gasteiger partial charge in [0.15, 0.2) is 0 Å². The molecule has 0 bridgehead atoms. The van der Waals surface area contributed by atoms with Crippen molar-refractivity contribution < 1.29 is 19.0 Å². The lowest BCUT2D eigenvalue weighted by Crippen LogP contribution is -2.37. The van der Waals surface area contributed by atoms with Gasteiger partial charge in [0.2, 0.25) is 11.9 Å². The standard InChI is InChI=1S/C26H34ClFN4O3/c1-2-21(16-33)31-25(34)12-19-3-4-22(13-24(19)28)35-10-7-18-11-23(18)17-5-8-32(9-6-17)26-29-14-20(27)15-30-26/h3-4,13-15,17-18,21,23,33H,2,5-12,16H2,1H3,(H,31,34)/t18-,21+,23-/m1/s1. The van der Waals surface area contributed by atoms with Crippen molar-refractivity contribution in [2.45, 2.75) is 51.5 Å². The third-order valence-corrected chi connectivity index (χ3v) is 7.42. The Balaban J connectivity index is 1.16. The first kappa shape index (κ1) is 25.6. The lowest BCUT2D eigenvalue weighted by atomic mass is 9.90. The first-order valence-corrected chi connectivity index (χ1v) is 12.9. The molecule has 0 unspecified atom stereocenters. The second-order valence-electron chi connectivity index (χ2n) is 9.61. The number of ether oxygens (including phenoxy) is 1. The van der Waals surface area contributed by atoms with Crippen molar-refractivity contribution in [3.8, 4) is 5.75 Å². The molecule has 1 saturated carbocycles. The van der Waals surface area contributed by atoms with Crippen molar-refractivity contribution >= 4 is 23.5 Å². The van der Waals surface area contributed by atoms with Crippen molar-refractivity contribution in [2.24, 2.45) is 17.8 Å². The number of carbonyl (C=O) groups excluding carboxylic acids is 1. The van der Waals surface area contributed by atoms with Crippen LogP contribution >= 0.6 is 11.6 Å². The molecule has 2 aromatic rings. The minimum Gasteiger partial charge on any atom is -0.493 e. The number of nitrogens with one attached hydrogen (secondary N) is 1. The maximum Gasteiger partial charge on any atom is 0.225 e. The summed E-state index contributed by atoms with van der Waals surface area (Å²) in [6.45, 7) is 4.24. The summed E-state index contributed by atoms with van der Waals surface area (Å²) in [5, 5.41) is 12.5. The molecule has 0 spiro atoms. The first-order valence-electron chi connectivity index (χ1n) is 12.5. The number of aromatic nitrogens is 2. The molecule has 3 atom stereocenters. The van der Waals surface area contributed by atoms with E-state index >= 15 is 0 Å². The largest absolute Gasteiger partial charge is 0.493 e. The van der Waals surface area contributed by atoms with Gasteiger partial charge in [-0.05, 0) is 61.5 Å². The first-order chi connectivity index (χ1) is 17.0. The number of amides is 1. The van der Waals surface area contributed by atoms with Crippen LogP contribution in [0.5, 0.6) is 5.75 Å². The number of piperidine rings is 1. The maximum absolute atomic E-state index is 14.5. The van der Waals surface area contributed by atoms with E-state index in [1.54, 1.807) is 24.5 Å². The van der Waals surface area contributed by atoms with E-state index in [0.717, 1.165) is 50.1 Å². The number of rotatable bonds is 11. The quantitative estimate of drug-likeness (QED) is 0.480. The average Bonchev–Trinajstić information content (AvgIpc) is 3.64. The van der Waals surface area contributed by atoms with Crippen molar-refractivity contribution in [3.63, 3.8) is 0 Å². The molecule has 2 N–H and O–H groups in total. The molecule has 1 aromatic heterocycles. The zero-order valence-corrected chi connectivity index (χ0v) is 20.9. The Morgan fingerprint density at radius 3 is 2.71 bits per heavy atom. The highest BCUT2D eigenvalue weighted by atomic mass is 35.5. The SMILES string of the molecule is CC[C@@H](CO)NC(=O)Cc1ccc(OCC[C@@H]2C[C@@H]2C2CCN(c3ncc(Cl)cn3)CC2)cc1F. The van der Waals surface area contributed by atoms with E-state index in [4.69, 9.17) is 16.3 Å². The second kappa shape index (κ2) is 12.0. The molecule has 4 rings (SSSR count). The molecule has 190 valence electrons. The Labute approximate surface area is 211 Å². The number of halogens is 2. The third-order valence-electron chi connectivity index (χ3n) is 7.22. The maximum atomic E-state index is 14.5. The van der Waals surface area contributed by atoms with Gasteiger partial charge in [0.1, 0.15) is 11.6 Å². The summed E-state index contributed by atoms with van der Waals surface area (Å²) < 4.78 is 20.3. The third kappa shape index (κ3) is 7.04. The monoisotopic (exact) mass is 504 g/mol. The molecule has 1 saturated heterocycles. The molecular formula is C26H34ClFN4O3. The highest BCUT2D eigenvalue weighted by molar-refractivity contribution is 6.30. The Bertz CT molecular complexity index is 981. The van der Waals surface area contributed by atoms with Gasteiger partial charge in [-0.3, -0.25) is 4.79 Å². The van der Waals surface area contributed by atoms with Gasteiger partial charge in [-0.2, -0.15) is 0 Å². The summed E-state index contributed by atoms with van der Waals surface area (Å²) in [4.78, 5) is 22.9. The summed E-state index contributed by atoms with van der Waals surface area (Å²) in [5.41, 5.74) is 0.320. The highest BCUT2D eigenvalue weighted by Gasteiger charge is 2.43. The molecular weight excluding hydrogens is 471 g/mol. The average molecular weight is 505 g/mol. The number of nitrogens with zero attached hydrogens (tertiary/aromatic N) is 3. The Hall–Kier alpha value is -2.45. The number of hydrogen-bond acceptors (Lipinski definition) is 6. The zero-order valence-electron chi connectivity index (χ0n) is 20.1. The van der Waals surface area contributed by atoms with Crippen molar-refractivity contribution in [1.82, 2.24) is 15.3 Å². The molecule has 9 heteroatoms. The predicted molar refractivity (Wildman–Crippen MR) is 133 cm³/mol. The second-order valence-corrected chi connectivity index (χ2v) is 10.0. The van der Waals surface area contributed by atoms with Crippen LogP contribution in [0.15, 0.2) is 30.6 Å². The van der Waals surface area contributed by atoms with Crippen LogP contribution in [0, 0.1) is 23.6 Å². The van der Waals surface area contributed by atoms with Crippen LogP contribution in [0.2, 0.25) is 5.02 Å². The fraction of sp³-hybridized carbons (Fsp3) is 0.577. The smallest absolute Gasteiger partial charge is 0.225 e. The van der Waals surface area contributed by atoms with E-state index in [-0.39, 0.29) is 25.0 Å². The van der Waals surface area contributed by atoms with Crippen molar-refractivity contribution in [2.75, 3.05) is 31.2 Å². The van der Waals surface area contributed by atoms with Gasteiger partial charge in [0, 0.05) is 19.2 Å². The summed E-state index contributed by atoms with van der Waals surface area (Å²) in [7, 11) is 0. The van der Waals surface area contributed by atoms with Gasteiger partial charge < -0.3 is 20.1 Å². The molecule has 7 nitrogen and oxygen atoms in total. The number of aliphatic hydroxyl groups excluding tert-OH is 1. The van der Waals surface area contributed by atoms with Crippen molar-refractivity contribution in [1.29, 1.82) is 0 Å². The molecule has 35 heavy (non-hydrogen) atoms. The number of anilines is 1. The summed E-state index contributed by atoms with van der Waals surface area (Å²) >= 11 is 5.88. The Morgan fingerprint density at radius 2 is 2.06 bits per heavy atom. The molecule has 1 aromatic carbocycles. The number of carbonyl (C=O) groups is 1. The van der Waals surface area contributed by atoms with Crippen LogP contribution in [-0.4, -0.2) is 53.3 Å². The van der Waals surface area contributed by atoms with Gasteiger partial charge in [0.05, 0.1) is 43.1 Å². The van der Waals surface area contributed by atoms with E-state index in [9.17, 15) is 14.3 Å². The topological polar surface area (TPSA) is 87.6 Å². The van der Waals surface area contributed by atoms with Gasteiger partial charge in [0.25, 0.3) is 0 Å². The molecule has 2 fully saturated rings. The number of benzene rings is 1. The fourth-order valence-corrected chi connectivity index (χ4v) is 5.09. The number of hydrogen-bond donors (Lipinski definition) is 2.